The van der Waals surface area contributed by atoms with E-state index in [1.165, 1.54) is 38.5 Å². The van der Waals surface area contributed by atoms with Crippen molar-refractivity contribution in [3.05, 3.63) is 12.3 Å². The van der Waals surface area contributed by atoms with Crippen LogP contribution in [0.2, 0.25) is 0 Å². The van der Waals surface area contributed by atoms with E-state index in [-0.39, 0.29) is 0 Å². The van der Waals surface area contributed by atoms with Crippen LogP contribution in [0, 0.1) is 5.41 Å². The number of hydrogen-bond donors (Lipinski definition) is 1. The fraction of sp³-hybridized carbons (Fsp3) is 0.714. The quantitative estimate of drug-likeness (QED) is 0.871. The zero-order valence-electron chi connectivity index (χ0n) is 11.2. The molecule has 4 nitrogen and oxygen atoms in total. The molecule has 1 aliphatic heterocycles. The number of nitrogens with one attached hydrogen (secondary N) is 1. The van der Waals surface area contributed by atoms with E-state index in [0.717, 1.165) is 18.9 Å². The molecular formula is C14H22N4. The molecule has 1 N–H and O–H groups in total. The Bertz CT molecular complexity index is 402. The van der Waals surface area contributed by atoms with Gasteiger partial charge in [-0.25, -0.2) is 4.98 Å². The average Bonchev–Trinajstić information content (AvgIpc) is 2.88. The standard InChI is InChI=1S/C14H22N4/c1-15-13-16-9-4-12(17-13)18-10-7-14(8-11-18)5-2-3-6-14/h4,9H,2-3,5-8,10-11H2,1H3,(H,15,16,17). The van der Waals surface area contributed by atoms with Crippen molar-refractivity contribution < 1.29 is 0 Å². The Morgan fingerprint density at radius 3 is 2.56 bits per heavy atom. The molecule has 0 bridgehead atoms. The van der Waals surface area contributed by atoms with Gasteiger partial charge in [-0.2, -0.15) is 4.98 Å². The molecule has 3 rings (SSSR count). The van der Waals surface area contributed by atoms with E-state index < -0.39 is 0 Å². The van der Waals surface area contributed by atoms with Gasteiger partial charge in [0.2, 0.25) is 5.95 Å². The largest absolute Gasteiger partial charge is 0.357 e. The Morgan fingerprint density at radius 1 is 1.17 bits per heavy atom. The number of anilines is 2. The van der Waals surface area contributed by atoms with E-state index in [1.807, 2.05) is 19.3 Å². The van der Waals surface area contributed by atoms with Gasteiger partial charge in [0.1, 0.15) is 5.82 Å². The van der Waals surface area contributed by atoms with Crippen LogP contribution >= 0.6 is 0 Å². The topological polar surface area (TPSA) is 41.1 Å². The molecule has 1 aliphatic carbocycles. The Labute approximate surface area is 109 Å². The first-order valence-electron chi connectivity index (χ1n) is 7.07. The van der Waals surface area contributed by atoms with E-state index in [1.54, 1.807) is 0 Å². The van der Waals surface area contributed by atoms with Crippen molar-refractivity contribution in [2.24, 2.45) is 5.41 Å². The molecule has 18 heavy (non-hydrogen) atoms. The van der Waals surface area contributed by atoms with Crippen molar-refractivity contribution in [1.29, 1.82) is 0 Å². The molecule has 1 aromatic heterocycles. The summed E-state index contributed by atoms with van der Waals surface area (Å²) in [6.07, 6.45) is 10.3. The molecule has 1 spiro atoms. The molecule has 0 unspecified atom stereocenters. The number of aromatic nitrogens is 2. The lowest BCUT2D eigenvalue weighted by Crippen LogP contribution is -2.39. The number of nitrogens with zero attached hydrogens (tertiary/aromatic N) is 3. The predicted octanol–water partition coefficient (Wildman–Crippen LogP) is 2.68. The van der Waals surface area contributed by atoms with Crippen molar-refractivity contribution in [1.82, 2.24) is 9.97 Å². The molecule has 0 radical (unpaired) electrons. The van der Waals surface area contributed by atoms with Gasteiger partial charge in [0.25, 0.3) is 0 Å². The van der Waals surface area contributed by atoms with Gasteiger partial charge in [-0.15, -0.1) is 0 Å². The summed E-state index contributed by atoms with van der Waals surface area (Å²) < 4.78 is 0. The van der Waals surface area contributed by atoms with Crippen LogP contribution < -0.4 is 10.2 Å². The highest BCUT2D eigenvalue weighted by molar-refractivity contribution is 5.42. The van der Waals surface area contributed by atoms with Gasteiger partial charge < -0.3 is 10.2 Å². The third-order valence-electron chi connectivity index (χ3n) is 4.68. The van der Waals surface area contributed by atoms with E-state index >= 15 is 0 Å². The van der Waals surface area contributed by atoms with Crippen LogP contribution in [0.3, 0.4) is 0 Å². The maximum Gasteiger partial charge on any atom is 0.224 e. The van der Waals surface area contributed by atoms with Crippen molar-refractivity contribution in [3.63, 3.8) is 0 Å². The van der Waals surface area contributed by atoms with E-state index in [4.69, 9.17) is 0 Å². The first kappa shape index (κ1) is 11.8. The summed E-state index contributed by atoms with van der Waals surface area (Å²) in [6.45, 7) is 2.31. The van der Waals surface area contributed by atoms with Crippen LogP contribution in [-0.4, -0.2) is 30.1 Å². The minimum absolute atomic E-state index is 0.676. The first-order chi connectivity index (χ1) is 8.81. The van der Waals surface area contributed by atoms with Crippen molar-refractivity contribution in [2.45, 2.75) is 38.5 Å². The SMILES string of the molecule is CNc1nccc(N2CCC3(CCCC3)CC2)n1. The number of piperidine rings is 1. The maximum atomic E-state index is 4.53. The Balaban J connectivity index is 1.68. The summed E-state index contributed by atoms with van der Waals surface area (Å²) in [7, 11) is 1.86. The third-order valence-corrected chi connectivity index (χ3v) is 4.68. The highest BCUT2D eigenvalue weighted by Gasteiger charge is 2.37. The normalized spacial score (nSPS) is 22.4. The molecule has 0 atom stereocenters. The predicted molar refractivity (Wildman–Crippen MR) is 73.9 cm³/mol. The summed E-state index contributed by atoms with van der Waals surface area (Å²) in [4.78, 5) is 11.1. The van der Waals surface area contributed by atoms with Crippen molar-refractivity contribution in [3.8, 4) is 0 Å². The molecule has 98 valence electrons. The lowest BCUT2D eigenvalue weighted by molar-refractivity contribution is 0.226. The molecule has 4 heteroatoms. The summed E-state index contributed by atoms with van der Waals surface area (Å²) in [5.74, 6) is 1.79. The average molecular weight is 246 g/mol. The molecule has 2 fully saturated rings. The van der Waals surface area contributed by atoms with E-state index in [0.29, 0.717) is 11.4 Å². The lowest BCUT2D eigenvalue weighted by atomic mass is 9.77. The summed E-state index contributed by atoms with van der Waals surface area (Å²) in [6, 6.07) is 2.02. The summed E-state index contributed by atoms with van der Waals surface area (Å²) in [5, 5.41) is 3.01. The van der Waals surface area contributed by atoms with Gasteiger partial charge in [-0.1, -0.05) is 12.8 Å². The molecule has 0 aromatic carbocycles. The second kappa shape index (κ2) is 4.75. The van der Waals surface area contributed by atoms with Crippen LogP contribution in [0.1, 0.15) is 38.5 Å². The Hall–Kier alpha value is -1.32. The third kappa shape index (κ3) is 2.16. The monoisotopic (exact) mass is 246 g/mol. The van der Waals surface area contributed by atoms with Crippen LogP contribution in [0.4, 0.5) is 11.8 Å². The number of hydrogen-bond acceptors (Lipinski definition) is 4. The molecule has 1 saturated carbocycles. The van der Waals surface area contributed by atoms with Gasteiger partial charge in [0.15, 0.2) is 0 Å². The number of rotatable bonds is 2. The van der Waals surface area contributed by atoms with Crippen LogP contribution in [0.5, 0.6) is 0 Å². The second-order valence-electron chi connectivity index (χ2n) is 5.68. The highest BCUT2D eigenvalue weighted by Crippen LogP contribution is 2.46. The first-order valence-corrected chi connectivity index (χ1v) is 7.07. The van der Waals surface area contributed by atoms with Gasteiger partial charge in [-0.05, 0) is 37.2 Å². The van der Waals surface area contributed by atoms with Gasteiger partial charge in [-0.3, -0.25) is 0 Å². The van der Waals surface area contributed by atoms with Crippen LogP contribution in [-0.2, 0) is 0 Å². The fourth-order valence-corrected chi connectivity index (χ4v) is 3.48. The van der Waals surface area contributed by atoms with E-state index in [9.17, 15) is 0 Å². The fourth-order valence-electron chi connectivity index (χ4n) is 3.48. The summed E-state index contributed by atoms with van der Waals surface area (Å²) in [5.41, 5.74) is 0.676. The molecular weight excluding hydrogens is 224 g/mol. The minimum Gasteiger partial charge on any atom is -0.357 e. The summed E-state index contributed by atoms with van der Waals surface area (Å²) >= 11 is 0. The van der Waals surface area contributed by atoms with Crippen molar-refractivity contribution in [2.75, 3.05) is 30.4 Å². The molecule has 1 aromatic rings. The van der Waals surface area contributed by atoms with Crippen LogP contribution in [0.25, 0.3) is 0 Å². The zero-order chi connectivity index (χ0) is 12.4. The minimum atomic E-state index is 0.676. The maximum absolute atomic E-state index is 4.53. The second-order valence-corrected chi connectivity index (χ2v) is 5.68. The molecule has 2 heterocycles. The molecule has 1 saturated heterocycles. The van der Waals surface area contributed by atoms with Gasteiger partial charge in [0.05, 0.1) is 0 Å². The highest BCUT2D eigenvalue weighted by atomic mass is 15.2. The Morgan fingerprint density at radius 2 is 1.89 bits per heavy atom. The zero-order valence-corrected chi connectivity index (χ0v) is 11.2. The van der Waals surface area contributed by atoms with Gasteiger partial charge in [0, 0.05) is 26.3 Å². The molecule has 2 aliphatic rings. The lowest BCUT2D eigenvalue weighted by Gasteiger charge is -2.39. The van der Waals surface area contributed by atoms with Gasteiger partial charge >= 0.3 is 0 Å². The van der Waals surface area contributed by atoms with E-state index in [2.05, 4.69) is 20.2 Å². The molecule has 0 amide bonds. The Kier molecular flexibility index (Phi) is 3.10. The van der Waals surface area contributed by atoms with Crippen molar-refractivity contribution >= 4 is 11.8 Å². The smallest absolute Gasteiger partial charge is 0.224 e. The van der Waals surface area contributed by atoms with Crippen LogP contribution in [0.15, 0.2) is 12.3 Å².